The molecule has 144 valence electrons. The van der Waals surface area contributed by atoms with E-state index in [-0.39, 0.29) is 48.2 Å². The minimum absolute atomic E-state index is 0. The molecule has 0 spiro atoms. The largest absolute Gasteiger partial charge is 0.357 e. The van der Waals surface area contributed by atoms with Crippen molar-refractivity contribution < 1.29 is 8.42 Å². The first-order valence-corrected chi connectivity index (χ1v) is 11.3. The highest BCUT2D eigenvalue weighted by atomic mass is 127. The molecule has 2 rings (SSSR count). The number of thioether (sulfide) groups is 1. The van der Waals surface area contributed by atoms with E-state index in [9.17, 15) is 8.42 Å². The molecule has 0 aromatic carbocycles. The Morgan fingerprint density at radius 3 is 2.72 bits per heavy atom. The minimum atomic E-state index is -3.23. The van der Waals surface area contributed by atoms with Crippen LogP contribution in [-0.4, -0.2) is 68.2 Å². The van der Waals surface area contributed by atoms with E-state index in [0.29, 0.717) is 25.6 Å². The Balaban J connectivity index is 0.00000312. The maximum Gasteiger partial charge on any atom is 0.215 e. The van der Waals surface area contributed by atoms with Crippen LogP contribution in [0.15, 0.2) is 4.99 Å². The zero-order valence-corrected chi connectivity index (χ0v) is 18.6. The molecule has 1 aliphatic carbocycles. The van der Waals surface area contributed by atoms with Gasteiger partial charge in [0, 0.05) is 37.2 Å². The summed E-state index contributed by atoms with van der Waals surface area (Å²) in [6, 6.07) is 2.44. The van der Waals surface area contributed by atoms with E-state index in [1.165, 1.54) is 0 Å². The van der Waals surface area contributed by atoms with Crippen molar-refractivity contribution in [3.8, 4) is 6.07 Å². The molecule has 0 bridgehead atoms. The van der Waals surface area contributed by atoms with Crippen molar-refractivity contribution in [3.05, 3.63) is 0 Å². The fraction of sp³-hybridized carbons (Fsp3) is 0.867. The third-order valence-corrected chi connectivity index (χ3v) is 7.12. The third-order valence-electron chi connectivity index (χ3n) is 4.33. The number of halogens is 1. The van der Waals surface area contributed by atoms with Crippen LogP contribution in [0.25, 0.3) is 0 Å². The lowest BCUT2D eigenvalue weighted by Gasteiger charge is -2.25. The van der Waals surface area contributed by atoms with Crippen LogP contribution in [0.2, 0.25) is 0 Å². The van der Waals surface area contributed by atoms with Crippen LogP contribution in [0.4, 0.5) is 0 Å². The number of nitriles is 1. The zero-order chi connectivity index (χ0) is 17.4. The lowest BCUT2D eigenvalue weighted by atomic mass is 10.1. The lowest BCUT2D eigenvalue weighted by molar-refractivity contribution is 0.444. The second kappa shape index (κ2) is 11.5. The van der Waals surface area contributed by atoms with E-state index in [2.05, 4.69) is 21.7 Å². The van der Waals surface area contributed by atoms with E-state index in [1.54, 1.807) is 16.1 Å². The molecule has 7 nitrogen and oxygen atoms in total. The maximum atomic E-state index is 12.3. The molecule has 2 aliphatic rings. The Morgan fingerprint density at radius 2 is 2.08 bits per heavy atom. The van der Waals surface area contributed by atoms with E-state index in [0.717, 1.165) is 30.8 Å². The Labute approximate surface area is 172 Å². The molecule has 1 saturated carbocycles. The number of aliphatic imine (C=N–C) groups is 1. The molecule has 0 amide bonds. The van der Waals surface area contributed by atoms with Gasteiger partial charge in [-0.05, 0) is 26.2 Å². The molecule has 0 aromatic heterocycles. The molecule has 0 radical (unpaired) electrons. The summed E-state index contributed by atoms with van der Waals surface area (Å²) in [6.07, 6.45) is 2.90. The summed E-state index contributed by atoms with van der Waals surface area (Å²) in [6.45, 7) is 4.09. The summed E-state index contributed by atoms with van der Waals surface area (Å²) in [7, 11) is -3.23. The minimum Gasteiger partial charge on any atom is -0.357 e. The number of sulfonamides is 1. The standard InChI is InChI=1S/C15H27N5O2S2.HI/c1-2-17-15(19-14-5-3-4-13(14)12-16)18-6-11-24(21,22)20-7-9-23-10-8-20;/h13-14H,2-11H2,1H3,(H2,17,18,19);1H. The molecule has 10 heteroatoms. The molecule has 1 heterocycles. The average molecular weight is 501 g/mol. The van der Waals surface area contributed by atoms with Crippen LogP contribution in [0.3, 0.4) is 0 Å². The predicted molar refractivity (Wildman–Crippen MR) is 114 cm³/mol. The van der Waals surface area contributed by atoms with E-state index in [4.69, 9.17) is 5.26 Å². The molecule has 25 heavy (non-hydrogen) atoms. The van der Waals surface area contributed by atoms with Crippen molar-refractivity contribution in [3.63, 3.8) is 0 Å². The SMILES string of the molecule is CCNC(=NCCS(=O)(=O)N1CCSCC1)NC1CCCC1C#N.I. The van der Waals surface area contributed by atoms with Gasteiger partial charge >= 0.3 is 0 Å². The number of guanidine groups is 1. The van der Waals surface area contributed by atoms with Crippen LogP contribution >= 0.6 is 35.7 Å². The van der Waals surface area contributed by atoms with Gasteiger partial charge in [-0.15, -0.1) is 24.0 Å². The highest BCUT2D eigenvalue weighted by molar-refractivity contribution is 14.0. The van der Waals surface area contributed by atoms with Gasteiger partial charge in [0.15, 0.2) is 5.96 Å². The molecule has 1 saturated heterocycles. The van der Waals surface area contributed by atoms with Crippen molar-refractivity contribution in [2.45, 2.75) is 32.2 Å². The van der Waals surface area contributed by atoms with E-state index >= 15 is 0 Å². The highest BCUT2D eigenvalue weighted by Crippen LogP contribution is 2.24. The second-order valence-corrected chi connectivity index (χ2v) is 9.32. The summed E-state index contributed by atoms with van der Waals surface area (Å²) in [5.41, 5.74) is 0. The Kier molecular flexibility index (Phi) is 10.4. The van der Waals surface area contributed by atoms with Gasteiger partial charge in [0.05, 0.1) is 24.3 Å². The van der Waals surface area contributed by atoms with Crippen molar-refractivity contribution in [1.82, 2.24) is 14.9 Å². The van der Waals surface area contributed by atoms with Crippen LogP contribution < -0.4 is 10.6 Å². The van der Waals surface area contributed by atoms with Gasteiger partial charge in [-0.2, -0.15) is 17.0 Å². The Morgan fingerprint density at radius 1 is 1.36 bits per heavy atom. The van der Waals surface area contributed by atoms with Crippen LogP contribution in [0, 0.1) is 17.2 Å². The monoisotopic (exact) mass is 501 g/mol. The first kappa shape index (κ1) is 22.8. The quantitative estimate of drug-likeness (QED) is 0.323. The van der Waals surface area contributed by atoms with Crippen LogP contribution in [0.5, 0.6) is 0 Å². The molecule has 1 aliphatic heterocycles. The van der Waals surface area contributed by atoms with Crippen molar-refractivity contribution in [1.29, 1.82) is 5.26 Å². The fourth-order valence-corrected chi connectivity index (χ4v) is 5.46. The normalized spacial score (nSPS) is 25.0. The zero-order valence-electron chi connectivity index (χ0n) is 14.6. The van der Waals surface area contributed by atoms with Crippen LogP contribution in [-0.2, 0) is 10.0 Å². The summed E-state index contributed by atoms with van der Waals surface area (Å²) in [5, 5.41) is 15.6. The molecule has 2 atom stereocenters. The third kappa shape index (κ3) is 7.11. The Hall–Kier alpha value is -0.250. The summed E-state index contributed by atoms with van der Waals surface area (Å²) in [4.78, 5) is 4.40. The number of hydrogen-bond donors (Lipinski definition) is 2. The molecule has 2 unspecified atom stereocenters. The average Bonchev–Trinajstić information content (AvgIpc) is 3.03. The van der Waals surface area contributed by atoms with Crippen LogP contribution in [0.1, 0.15) is 26.2 Å². The summed E-state index contributed by atoms with van der Waals surface area (Å²) < 4.78 is 26.2. The lowest BCUT2D eigenvalue weighted by Crippen LogP contribution is -2.45. The molecule has 2 fully saturated rings. The van der Waals surface area contributed by atoms with E-state index < -0.39 is 10.0 Å². The number of nitrogens with zero attached hydrogens (tertiary/aromatic N) is 3. The number of hydrogen-bond acceptors (Lipinski definition) is 5. The van der Waals surface area contributed by atoms with Crippen molar-refractivity contribution in [2.24, 2.45) is 10.9 Å². The first-order chi connectivity index (χ1) is 11.6. The van der Waals surface area contributed by atoms with Gasteiger partial charge < -0.3 is 10.6 Å². The smallest absolute Gasteiger partial charge is 0.215 e. The van der Waals surface area contributed by atoms with Gasteiger partial charge in [0.25, 0.3) is 0 Å². The number of rotatable bonds is 6. The maximum absolute atomic E-state index is 12.3. The van der Waals surface area contributed by atoms with Gasteiger partial charge in [-0.1, -0.05) is 0 Å². The van der Waals surface area contributed by atoms with Gasteiger partial charge in [0.1, 0.15) is 0 Å². The second-order valence-electron chi connectivity index (χ2n) is 6.01. The topological polar surface area (TPSA) is 97.6 Å². The van der Waals surface area contributed by atoms with Gasteiger partial charge in [-0.3, -0.25) is 4.99 Å². The molecular weight excluding hydrogens is 473 g/mol. The predicted octanol–water partition coefficient (Wildman–Crippen LogP) is 1.23. The molecule has 2 N–H and O–H groups in total. The fourth-order valence-electron chi connectivity index (χ4n) is 3.01. The van der Waals surface area contributed by atoms with E-state index in [1.807, 2.05) is 6.92 Å². The Bertz CT molecular complexity index is 573. The van der Waals surface area contributed by atoms with Gasteiger partial charge in [0.2, 0.25) is 10.0 Å². The molecular formula is C15H28IN5O2S2. The van der Waals surface area contributed by atoms with Gasteiger partial charge in [-0.25, -0.2) is 12.7 Å². The number of nitrogens with one attached hydrogen (secondary N) is 2. The van der Waals surface area contributed by atoms with Crippen molar-refractivity contribution >= 4 is 51.7 Å². The first-order valence-electron chi connectivity index (χ1n) is 8.57. The highest BCUT2D eigenvalue weighted by Gasteiger charge is 2.28. The molecule has 0 aromatic rings. The van der Waals surface area contributed by atoms with Crippen molar-refractivity contribution in [2.75, 3.05) is 43.4 Å². The summed E-state index contributed by atoms with van der Waals surface area (Å²) in [5.74, 6) is 2.37. The summed E-state index contributed by atoms with van der Waals surface area (Å²) >= 11 is 1.79.